The van der Waals surface area contributed by atoms with Crippen LogP contribution in [0.5, 0.6) is 0 Å². The summed E-state index contributed by atoms with van der Waals surface area (Å²) in [5.41, 5.74) is 4.31. The van der Waals surface area contributed by atoms with Crippen molar-refractivity contribution in [2.24, 2.45) is 11.8 Å². The fourth-order valence-corrected chi connectivity index (χ4v) is 3.22. The van der Waals surface area contributed by atoms with Crippen molar-refractivity contribution >= 4 is 5.82 Å². The van der Waals surface area contributed by atoms with Gasteiger partial charge in [0.1, 0.15) is 5.82 Å². The number of hydrogen-bond acceptors (Lipinski definition) is 4. The van der Waals surface area contributed by atoms with Crippen LogP contribution in [-0.4, -0.2) is 21.3 Å². The van der Waals surface area contributed by atoms with Gasteiger partial charge < -0.3 is 10.5 Å². The first-order valence-corrected chi connectivity index (χ1v) is 7.00. The molecule has 4 atom stereocenters. The first kappa shape index (κ1) is 15.0. The van der Waals surface area contributed by atoms with Gasteiger partial charge in [-0.2, -0.15) is 4.98 Å². The van der Waals surface area contributed by atoms with E-state index in [9.17, 15) is 9.18 Å². The van der Waals surface area contributed by atoms with Crippen molar-refractivity contribution < 1.29 is 9.13 Å². The molecule has 2 rings (SSSR count). The van der Waals surface area contributed by atoms with Gasteiger partial charge in [0.25, 0.3) is 0 Å². The summed E-state index contributed by atoms with van der Waals surface area (Å²) in [6.45, 7) is 7.84. The van der Waals surface area contributed by atoms with Crippen LogP contribution in [0, 0.1) is 11.8 Å². The number of ether oxygens (including phenoxy) is 1. The van der Waals surface area contributed by atoms with Crippen molar-refractivity contribution in [2.45, 2.75) is 52.1 Å². The van der Waals surface area contributed by atoms with Crippen molar-refractivity contribution in [3.63, 3.8) is 0 Å². The van der Waals surface area contributed by atoms with Gasteiger partial charge in [0.2, 0.25) is 0 Å². The molecule has 1 saturated heterocycles. The summed E-state index contributed by atoms with van der Waals surface area (Å²) in [5.74, 6) is -0.0107. The molecule has 0 amide bonds. The summed E-state index contributed by atoms with van der Waals surface area (Å²) >= 11 is 0. The van der Waals surface area contributed by atoms with Crippen molar-refractivity contribution in [1.82, 2.24) is 9.55 Å². The van der Waals surface area contributed by atoms with Crippen LogP contribution in [0.4, 0.5) is 10.2 Å². The topological polar surface area (TPSA) is 70.1 Å². The average molecular weight is 283 g/mol. The largest absolute Gasteiger partial charge is 0.383 e. The Labute approximate surface area is 118 Å². The molecule has 0 radical (unpaired) electrons. The van der Waals surface area contributed by atoms with Crippen molar-refractivity contribution in [3.8, 4) is 0 Å². The van der Waals surface area contributed by atoms with Gasteiger partial charge in [-0.15, -0.1) is 0 Å². The van der Waals surface area contributed by atoms with E-state index in [1.54, 1.807) is 0 Å². The monoisotopic (exact) mass is 283 g/mol. The highest BCUT2D eigenvalue weighted by Crippen LogP contribution is 2.48. The normalized spacial score (nSPS) is 33.8. The quantitative estimate of drug-likeness (QED) is 0.922. The van der Waals surface area contributed by atoms with E-state index < -0.39 is 23.7 Å². The summed E-state index contributed by atoms with van der Waals surface area (Å²) in [5, 5.41) is 0. The second-order valence-electron chi connectivity index (χ2n) is 5.75. The molecule has 1 aliphatic heterocycles. The fraction of sp³-hybridized carbons (Fsp3) is 0.714. The molecule has 0 spiro atoms. The summed E-state index contributed by atoms with van der Waals surface area (Å²) in [7, 11) is 0. The number of anilines is 1. The Kier molecular flexibility index (Phi) is 3.86. The minimum Gasteiger partial charge on any atom is -0.383 e. The smallest absolute Gasteiger partial charge is 0.351 e. The summed E-state index contributed by atoms with van der Waals surface area (Å²) in [6.07, 6.45) is -0.0472. The second kappa shape index (κ2) is 5.16. The molecule has 0 bridgehead atoms. The lowest BCUT2D eigenvalue weighted by molar-refractivity contribution is -0.117. The Morgan fingerprint density at radius 1 is 1.60 bits per heavy atom. The highest BCUT2D eigenvalue weighted by atomic mass is 19.1. The highest BCUT2D eigenvalue weighted by molar-refractivity contribution is 5.23. The summed E-state index contributed by atoms with van der Waals surface area (Å²) in [6, 6.07) is 1.48. The van der Waals surface area contributed by atoms with E-state index in [1.807, 2.05) is 27.7 Å². The van der Waals surface area contributed by atoms with Crippen LogP contribution >= 0.6 is 0 Å². The van der Waals surface area contributed by atoms with Crippen molar-refractivity contribution in [3.05, 3.63) is 22.7 Å². The minimum atomic E-state index is -1.25. The van der Waals surface area contributed by atoms with E-state index in [-0.39, 0.29) is 17.7 Å². The van der Waals surface area contributed by atoms with E-state index in [0.29, 0.717) is 6.42 Å². The molecule has 2 heterocycles. The zero-order chi connectivity index (χ0) is 15.1. The lowest BCUT2D eigenvalue weighted by atomic mass is 9.77. The fourth-order valence-electron chi connectivity index (χ4n) is 3.22. The molecule has 112 valence electrons. The second-order valence-corrected chi connectivity index (χ2v) is 5.75. The van der Waals surface area contributed by atoms with Crippen LogP contribution in [0.3, 0.4) is 0 Å². The Balaban J connectivity index is 2.42. The lowest BCUT2D eigenvalue weighted by Gasteiger charge is -2.35. The SMILES string of the molecule is CC[C@@]1(C(C)C)O[C@@H](n2ccc(N)nc2=O)[C@@H](F)[C@@H]1C. The molecule has 20 heavy (non-hydrogen) atoms. The van der Waals surface area contributed by atoms with Gasteiger partial charge in [-0.05, 0) is 18.4 Å². The molecule has 1 aromatic rings. The molecule has 5 nitrogen and oxygen atoms in total. The lowest BCUT2D eigenvalue weighted by Crippen LogP contribution is -2.40. The summed E-state index contributed by atoms with van der Waals surface area (Å²) in [4.78, 5) is 15.5. The number of nitrogen functional groups attached to an aromatic ring is 1. The number of aromatic nitrogens is 2. The number of nitrogens with zero attached hydrogens (tertiary/aromatic N) is 2. The highest BCUT2D eigenvalue weighted by Gasteiger charge is 2.54. The van der Waals surface area contributed by atoms with E-state index >= 15 is 0 Å². The van der Waals surface area contributed by atoms with Crippen LogP contribution in [0.2, 0.25) is 0 Å². The first-order chi connectivity index (χ1) is 9.33. The molecule has 1 aliphatic rings. The van der Waals surface area contributed by atoms with Gasteiger partial charge >= 0.3 is 5.69 Å². The average Bonchev–Trinajstić information content (AvgIpc) is 2.64. The molecule has 0 saturated carbocycles. The van der Waals surface area contributed by atoms with Gasteiger partial charge in [-0.1, -0.05) is 27.7 Å². The van der Waals surface area contributed by atoms with Gasteiger partial charge in [-0.25, -0.2) is 9.18 Å². The third-order valence-electron chi connectivity index (χ3n) is 4.52. The standard InChI is InChI=1S/C14H22FN3O2/c1-5-14(8(2)3)9(4)11(15)12(20-14)18-7-6-10(16)17-13(18)19/h6-9,11-12H,5H2,1-4H3,(H2,16,17,19)/t9-,11-,12+,14-/m0/s1. The van der Waals surface area contributed by atoms with E-state index in [4.69, 9.17) is 10.5 Å². The first-order valence-electron chi connectivity index (χ1n) is 7.00. The Hall–Kier alpha value is -1.43. The number of halogens is 1. The molecular weight excluding hydrogens is 261 g/mol. The zero-order valence-corrected chi connectivity index (χ0v) is 12.3. The molecule has 2 N–H and O–H groups in total. The number of alkyl halides is 1. The van der Waals surface area contributed by atoms with Gasteiger partial charge in [0.05, 0.1) is 5.60 Å². The Morgan fingerprint density at radius 3 is 2.70 bits per heavy atom. The zero-order valence-electron chi connectivity index (χ0n) is 12.3. The maximum Gasteiger partial charge on any atom is 0.351 e. The number of rotatable bonds is 3. The maximum atomic E-state index is 14.6. The molecule has 1 aromatic heterocycles. The minimum absolute atomic E-state index is 0.123. The molecule has 0 unspecified atom stereocenters. The predicted octanol–water partition coefficient (Wildman–Crippen LogP) is 2.13. The number of nitrogens with two attached hydrogens (primary N) is 1. The van der Waals surface area contributed by atoms with E-state index in [2.05, 4.69) is 4.98 Å². The van der Waals surface area contributed by atoms with Crippen LogP contribution in [0.25, 0.3) is 0 Å². The molecule has 6 heteroatoms. The third kappa shape index (κ3) is 2.12. The van der Waals surface area contributed by atoms with Crippen molar-refractivity contribution in [1.29, 1.82) is 0 Å². The predicted molar refractivity (Wildman–Crippen MR) is 75.0 cm³/mol. The Bertz CT molecular complexity index is 545. The summed E-state index contributed by atoms with van der Waals surface area (Å²) < 4.78 is 21.8. The molecule has 0 aliphatic carbocycles. The maximum absolute atomic E-state index is 14.6. The van der Waals surface area contributed by atoms with Gasteiger partial charge in [0.15, 0.2) is 12.4 Å². The van der Waals surface area contributed by atoms with Crippen molar-refractivity contribution in [2.75, 3.05) is 5.73 Å². The molecule has 0 aromatic carbocycles. The Morgan fingerprint density at radius 2 is 2.25 bits per heavy atom. The molecule has 1 fully saturated rings. The van der Waals surface area contributed by atoms with Gasteiger partial charge in [0, 0.05) is 12.1 Å². The van der Waals surface area contributed by atoms with Crippen LogP contribution in [0.1, 0.15) is 40.3 Å². The van der Waals surface area contributed by atoms with E-state index in [1.165, 1.54) is 16.8 Å². The van der Waals surface area contributed by atoms with Crippen LogP contribution in [0.15, 0.2) is 17.1 Å². The van der Waals surface area contributed by atoms with E-state index in [0.717, 1.165) is 0 Å². The van der Waals surface area contributed by atoms with Crippen LogP contribution in [-0.2, 0) is 4.74 Å². The number of hydrogen-bond donors (Lipinski definition) is 1. The molecular formula is C14H22FN3O2. The van der Waals surface area contributed by atoms with Crippen LogP contribution < -0.4 is 11.4 Å². The van der Waals surface area contributed by atoms with Gasteiger partial charge in [-0.3, -0.25) is 4.57 Å². The third-order valence-corrected chi connectivity index (χ3v) is 4.52.